The number of carbonyl (C=O) groups is 1. The summed E-state index contributed by atoms with van der Waals surface area (Å²) in [4.78, 5) is 13.5. The lowest BCUT2D eigenvalue weighted by Gasteiger charge is -2.08. The highest BCUT2D eigenvalue weighted by molar-refractivity contribution is 5.86. The van der Waals surface area contributed by atoms with Crippen molar-refractivity contribution in [3.8, 4) is 0 Å². The molecule has 0 unspecified atom stereocenters. The number of rotatable bonds is 22. The van der Waals surface area contributed by atoms with Crippen LogP contribution in [-0.4, -0.2) is 38.1 Å². The zero-order valence-electron chi connectivity index (χ0n) is 20.1. The molecule has 0 aliphatic rings. The predicted molar refractivity (Wildman–Crippen MR) is 127 cm³/mol. The monoisotopic (exact) mass is 409 g/mol. The fraction of sp³-hybridized carbons (Fsp3) is 0.885. The smallest absolute Gasteiger partial charge is 0.333 e. The molecule has 172 valence electrons. The number of nitrogens with zero attached hydrogens (tertiary/aromatic N) is 1. The summed E-state index contributed by atoms with van der Waals surface area (Å²) in [6.07, 6.45) is 24.6. The fourth-order valence-electron chi connectivity index (χ4n) is 3.65. The first-order chi connectivity index (χ1) is 14.0. The minimum absolute atomic E-state index is 0.254. The summed E-state index contributed by atoms with van der Waals surface area (Å²) < 4.78 is 5.10. The molecule has 0 bridgehead atoms. The second-order valence-electron chi connectivity index (χ2n) is 9.08. The van der Waals surface area contributed by atoms with E-state index in [0.29, 0.717) is 12.2 Å². The van der Waals surface area contributed by atoms with Crippen LogP contribution in [0.5, 0.6) is 0 Å². The molecule has 0 aliphatic heterocycles. The standard InChI is InChI=1S/C26H51NO2/c1-25(2)26(28)29-24-22-20-18-16-14-12-10-8-6-5-7-9-11-13-15-17-19-21-23-27(3)4/h1,5-24H2,2-4H3. The van der Waals surface area contributed by atoms with Crippen LogP contribution in [0.25, 0.3) is 0 Å². The van der Waals surface area contributed by atoms with Crippen LogP contribution in [-0.2, 0) is 9.53 Å². The Hall–Kier alpha value is -0.830. The molecule has 0 saturated carbocycles. The first-order valence-electron chi connectivity index (χ1n) is 12.5. The maximum atomic E-state index is 11.2. The van der Waals surface area contributed by atoms with E-state index in [1.54, 1.807) is 6.92 Å². The molecule has 0 aromatic rings. The van der Waals surface area contributed by atoms with E-state index in [1.165, 1.54) is 116 Å². The summed E-state index contributed by atoms with van der Waals surface area (Å²) in [7, 11) is 4.33. The molecule has 29 heavy (non-hydrogen) atoms. The van der Waals surface area contributed by atoms with Crippen LogP contribution in [0.1, 0.15) is 122 Å². The molecule has 0 aliphatic carbocycles. The molecule has 0 radical (unpaired) electrons. The van der Waals surface area contributed by atoms with Gasteiger partial charge >= 0.3 is 5.97 Å². The molecule has 0 aromatic carbocycles. The van der Waals surface area contributed by atoms with Crippen LogP contribution in [0, 0.1) is 0 Å². The van der Waals surface area contributed by atoms with Gasteiger partial charge in [-0.05, 0) is 40.4 Å². The van der Waals surface area contributed by atoms with E-state index >= 15 is 0 Å². The maximum absolute atomic E-state index is 11.2. The SMILES string of the molecule is C=C(C)C(=O)OCCCCCCCCCCCCCCCCCCCCN(C)C. The zero-order valence-corrected chi connectivity index (χ0v) is 20.1. The largest absolute Gasteiger partial charge is 0.462 e. The van der Waals surface area contributed by atoms with Gasteiger partial charge in [0.05, 0.1) is 6.61 Å². The lowest BCUT2D eigenvalue weighted by Crippen LogP contribution is -2.12. The van der Waals surface area contributed by atoms with Crippen molar-refractivity contribution in [1.82, 2.24) is 4.90 Å². The Kier molecular flexibility index (Phi) is 21.2. The molecule has 0 N–H and O–H groups in total. The average Bonchev–Trinajstić information content (AvgIpc) is 2.68. The zero-order chi connectivity index (χ0) is 21.6. The molecule has 0 fully saturated rings. The quantitative estimate of drug-likeness (QED) is 0.104. The van der Waals surface area contributed by atoms with Crippen LogP contribution in [0.3, 0.4) is 0 Å². The molecule has 0 aromatic heterocycles. The van der Waals surface area contributed by atoms with Gasteiger partial charge in [0.1, 0.15) is 0 Å². The van der Waals surface area contributed by atoms with Crippen LogP contribution >= 0.6 is 0 Å². The van der Waals surface area contributed by atoms with E-state index in [9.17, 15) is 4.79 Å². The number of ether oxygens (including phenoxy) is 1. The van der Waals surface area contributed by atoms with Crippen molar-refractivity contribution in [1.29, 1.82) is 0 Å². The summed E-state index contributed by atoms with van der Waals surface area (Å²) in [6, 6.07) is 0. The molecular weight excluding hydrogens is 358 g/mol. The highest BCUT2D eigenvalue weighted by atomic mass is 16.5. The molecular formula is C26H51NO2. The van der Waals surface area contributed by atoms with Gasteiger partial charge in [-0.1, -0.05) is 109 Å². The third-order valence-corrected chi connectivity index (χ3v) is 5.58. The Morgan fingerprint density at radius 2 is 0.931 bits per heavy atom. The van der Waals surface area contributed by atoms with Crippen LogP contribution < -0.4 is 0 Å². The van der Waals surface area contributed by atoms with Gasteiger partial charge in [0.15, 0.2) is 0 Å². The summed E-state index contributed by atoms with van der Waals surface area (Å²) in [5.41, 5.74) is 0.492. The predicted octanol–water partition coefficient (Wildman–Crippen LogP) is 7.69. The highest BCUT2D eigenvalue weighted by Crippen LogP contribution is 2.14. The lowest BCUT2D eigenvalue weighted by molar-refractivity contribution is -0.139. The number of hydrogen-bond acceptors (Lipinski definition) is 3. The second-order valence-corrected chi connectivity index (χ2v) is 9.08. The minimum Gasteiger partial charge on any atom is -0.462 e. The van der Waals surface area contributed by atoms with Gasteiger partial charge in [0.2, 0.25) is 0 Å². The molecule has 0 rings (SSSR count). The fourth-order valence-corrected chi connectivity index (χ4v) is 3.65. The van der Waals surface area contributed by atoms with Crippen molar-refractivity contribution in [2.75, 3.05) is 27.2 Å². The van der Waals surface area contributed by atoms with Gasteiger partial charge < -0.3 is 9.64 Å². The van der Waals surface area contributed by atoms with Crippen molar-refractivity contribution < 1.29 is 9.53 Å². The normalized spacial score (nSPS) is 11.2. The average molecular weight is 410 g/mol. The van der Waals surface area contributed by atoms with Gasteiger partial charge in [0, 0.05) is 5.57 Å². The van der Waals surface area contributed by atoms with Gasteiger partial charge in [-0.2, -0.15) is 0 Å². The molecule has 0 amide bonds. The van der Waals surface area contributed by atoms with Crippen LogP contribution in [0.15, 0.2) is 12.2 Å². The van der Waals surface area contributed by atoms with Crippen molar-refractivity contribution >= 4 is 5.97 Å². The van der Waals surface area contributed by atoms with Crippen LogP contribution in [0.4, 0.5) is 0 Å². The van der Waals surface area contributed by atoms with Gasteiger partial charge in [0.25, 0.3) is 0 Å². The summed E-state index contributed by atoms with van der Waals surface area (Å²) in [5.74, 6) is -0.254. The number of hydrogen-bond donors (Lipinski definition) is 0. The molecule has 3 heteroatoms. The minimum atomic E-state index is -0.254. The number of carbonyl (C=O) groups excluding carboxylic acids is 1. The molecule has 0 atom stereocenters. The van der Waals surface area contributed by atoms with E-state index in [4.69, 9.17) is 4.74 Å². The first kappa shape index (κ1) is 28.2. The molecule has 0 heterocycles. The first-order valence-corrected chi connectivity index (χ1v) is 12.5. The lowest BCUT2D eigenvalue weighted by atomic mass is 10.0. The molecule has 0 saturated heterocycles. The summed E-state index contributed by atoms with van der Waals surface area (Å²) >= 11 is 0. The van der Waals surface area contributed by atoms with Crippen molar-refractivity contribution in [2.24, 2.45) is 0 Å². The van der Waals surface area contributed by atoms with Crippen molar-refractivity contribution in [3.05, 3.63) is 12.2 Å². The second kappa shape index (κ2) is 21.9. The van der Waals surface area contributed by atoms with Crippen LogP contribution in [0.2, 0.25) is 0 Å². The maximum Gasteiger partial charge on any atom is 0.333 e. The Morgan fingerprint density at radius 1 is 0.621 bits per heavy atom. The van der Waals surface area contributed by atoms with E-state index < -0.39 is 0 Å². The third-order valence-electron chi connectivity index (χ3n) is 5.58. The number of unbranched alkanes of at least 4 members (excludes halogenated alkanes) is 17. The molecule has 0 spiro atoms. The van der Waals surface area contributed by atoms with Crippen molar-refractivity contribution in [3.63, 3.8) is 0 Å². The van der Waals surface area contributed by atoms with E-state index in [-0.39, 0.29) is 5.97 Å². The van der Waals surface area contributed by atoms with Crippen molar-refractivity contribution in [2.45, 2.75) is 122 Å². The Morgan fingerprint density at radius 3 is 1.24 bits per heavy atom. The highest BCUT2D eigenvalue weighted by Gasteiger charge is 2.01. The van der Waals surface area contributed by atoms with E-state index in [1.807, 2.05) is 0 Å². The van der Waals surface area contributed by atoms with Gasteiger partial charge in [-0.3, -0.25) is 0 Å². The topological polar surface area (TPSA) is 29.5 Å². The molecule has 3 nitrogen and oxygen atoms in total. The third kappa shape index (κ3) is 23.3. The van der Waals surface area contributed by atoms with E-state index in [0.717, 1.165) is 6.42 Å². The summed E-state index contributed by atoms with van der Waals surface area (Å²) in [6.45, 7) is 7.07. The van der Waals surface area contributed by atoms with Gasteiger partial charge in [-0.15, -0.1) is 0 Å². The van der Waals surface area contributed by atoms with E-state index in [2.05, 4.69) is 25.6 Å². The Balaban J connectivity index is 3.07. The Labute approximate surface area is 182 Å². The van der Waals surface area contributed by atoms with Gasteiger partial charge in [-0.25, -0.2) is 4.79 Å². The summed E-state index contributed by atoms with van der Waals surface area (Å²) in [5, 5.41) is 0. The number of esters is 1. The Bertz CT molecular complexity index is 379.